The highest BCUT2D eigenvalue weighted by molar-refractivity contribution is 9.10. The molecule has 0 radical (unpaired) electrons. The Morgan fingerprint density at radius 3 is 2.16 bits per heavy atom. The van der Waals surface area contributed by atoms with Crippen LogP contribution in [0.4, 0.5) is 0 Å². The van der Waals surface area contributed by atoms with Crippen LogP contribution in [0.5, 0.6) is 5.75 Å². The highest BCUT2D eigenvalue weighted by atomic mass is 79.9. The molecule has 0 N–H and O–H groups in total. The first-order valence-electron chi connectivity index (χ1n) is 6.24. The van der Waals surface area contributed by atoms with Crippen molar-refractivity contribution < 1.29 is 14.2 Å². The van der Waals surface area contributed by atoms with Gasteiger partial charge in [-0.2, -0.15) is 0 Å². The zero-order valence-corrected chi connectivity index (χ0v) is 13.4. The molecule has 0 bridgehead atoms. The fourth-order valence-corrected chi connectivity index (χ4v) is 2.37. The fourth-order valence-electron chi connectivity index (χ4n) is 1.78. The summed E-state index contributed by atoms with van der Waals surface area (Å²) in [5.41, 5.74) is 1.24. The molecule has 0 saturated carbocycles. The Labute approximate surface area is 123 Å². The summed E-state index contributed by atoms with van der Waals surface area (Å²) < 4.78 is 16.5. The van der Waals surface area contributed by atoms with Crippen LogP contribution in [0.2, 0.25) is 0 Å². The Bertz CT molecular complexity index is 366. The molecule has 0 heterocycles. The van der Waals surface area contributed by atoms with Gasteiger partial charge in [0.15, 0.2) is 0 Å². The van der Waals surface area contributed by atoms with E-state index in [2.05, 4.69) is 33.0 Å². The molecule has 0 amide bonds. The normalized spacial score (nSPS) is 11.0. The Morgan fingerprint density at radius 2 is 1.68 bits per heavy atom. The predicted octanol–water partition coefficient (Wildman–Crippen LogP) is 2.55. The van der Waals surface area contributed by atoms with Crippen molar-refractivity contribution in [1.29, 1.82) is 0 Å². The molecule has 0 atom stereocenters. The van der Waals surface area contributed by atoms with Gasteiger partial charge in [0.25, 0.3) is 0 Å². The van der Waals surface area contributed by atoms with Crippen molar-refractivity contribution in [3.63, 3.8) is 0 Å². The van der Waals surface area contributed by atoms with Gasteiger partial charge in [-0.3, -0.25) is 4.90 Å². The van der Waals surface area contributed by atoms with Crippen LogP contribution in [-0.2, 0) is 16.0 Å². The molecule has 4 nitrogen and oxygen atoms in total. The molecular weight excluding hydrogens is 310 g/mol. The van der Waals surface area contributed by atoms with Crippen LogP contribution in [0.25, 0.3) is 0 Å². The molecule has 108 valence electrons. The van der Waals surface area contributed by atoms with E-state index in [0.717, 1.165) is 43.1 Å². The summed E-state index contributed by atoms with van der Waals surface area (Å²) in [6.07, 6.45) is 0. The monoisotopic (exact) mass is 331 g/mol. The van der Waals surface area contributed by atoms with Crippen molar-refractivity contribution in [2.75, 3.05) is 47.6 Å². The van der Waals surface area contributed by atoms with Gasteiger partial charge in [-0.25, -0.2) is 0 Å². The summed E-state index contributed by atoms with van der Waals surface area (Å²) in [6.45, 7) is 4.10. The first kappa shape index (κ1) is 16.4. The highest BCUT2D eigenvalue weighted by Gasteiger charge is 2.08. The van der Waals surface area contributed by atoms with Gasteiger partial charge in [-0.05, 0) is 33.6 Å². The van der Waals surface area contributed by atoms with Crippen molar-refractivity contribution in [1.82, 2.24) is 4.90 Å². The van der Waals surface area contributed by atoms with E-state index < -0.39 is 0 Å². The van der Waals surface area contributed by atoms with Crippen LogP contribution in [0.1, 0.15) is 5.56 Å². The van der Waals surface area contributed by atoms with E-state index in [1.54, 1.807) is 21.3 Å². The number of hydrogen-bond acceptors (Lipinski definition) is 4. The molecule has 0 aliphatic rings. The second kappa shape index (κ2) is 9.31. The second-order valence-electron chi connectivity index (χ2n) is 4.23. The van der Waals surface area contributed by atoms with Gasteiger partial charge in [-0.1, -0.05) is 6.07 Å². The molecule has 0 unspecified atom stereocenters. The number of benzene rings is 1. The maximum atomic E-state index is 5.23. The van der Waals surface area contributed by atoms with Crippen molar-refractivity contribution in [3.8, 4) is 5.75 Å². The lowest BCUT2D eigenvalue weighted by Gasteiger charge is -2.22. The van der Waals surface area contributed by atoms with Crippen LogP contribution in [-0.4, -0.2) is 52.5 Å². The van der Waals surface area contributed by atoms with E-state index in [0.29, 0.717) is 0 Å². The lowest BCUT2D eigenvalue weighted by atomic mass is 10.2. The Morgan fingerprint density at radius 1 is 1.05 bits per heavy atom. The quantitative estimate of drug-likeness (QED) is 0.695. The van der Waals surface area contributed by atoms with Crippen LogP contribution < -0.4 is 4.74 Å². The van der Waals surface area contributed by atoms with E-state index in [1.165, 1.54) is 5.56 Å². The van der Waals surface area contributed by atoms with E-state index in [-0.39, 0.29) is 0 Å². The number of hydrogen-bond donors (Lipinski definition) is 0. The van der Waals surface area contributed by atoms with E-state index in [1.807, 2.05) is 6.07 Å². The number of nitrogens with zero attached hydrogens (tertiary/aromatic N) is 1. The van der Waals surface area contributed by atoms with Crippen molar-refractivity contribution >= 4 is 15.9 Å². The highest BCUT2D eigenvalue weighted by Crippen LogP contribution is 2.25. The number of halogens is 1. The third-order valence-electron chi connectivity index (χ3n) is 2.85. The summed E-state index contributed by atoms with van der Waals surface area (Å²) in [4.78, 5) is 2.31. The standard InChI is InChI=1S/C14H22BrNO3/c1-17-8-6-16(7-9-18-2)11-12-4-5-14(19-3)13(15)10-12/h4-5,10H,6-9,11H2,1-3H3. The third kappa shape index (κ3) is 5.91. The minimum atomic E-state index is 0.723. The topological polar surface area (TPSA) is 30.9 Å². The maximum absolute atomic E-state index is 5.23. The molecule has 0 spiro atoms. The first-order valence-corrected chi connectivity index (χ1v) is 7.03. The lowest BCUT2D eigenvalue weighted by molar-refractivity contribution is 0.110. The average Bonchev–Trinajstić information content (AvgIpc) is 2.42. The molecule has 0 saturated heterocycles. The van der Waals surface area contributed by atoms with Crippen molar-refractivity contribution in [2.45, 2.75) is 6.54 Å². The summed E-state index contributed by atoms with van der Waals surface area (Å²) >= 11 is 3.51. The number of methoxy groups -OCH3 is 3. The van der Waals surface area contributed by atoms with Gasteiger partial charge in [0.05, 0.1) is 24.8 Å². The van der Waals surface area contributed by atoms with Crippen LogP contribution in [0.3, 0.4) is 0 Å². The Hall–Kier alpha value is -0.620. The van der Waals surface area contributed by atoms with Gasteiger partial charge < -0.3 is 14.2 Å². The van der Waals surface area contributed by atoms with Gasteiger partial charge in [-0.15, -0.1) is 0 Å². The average molecular weight is 332 g/mol. The molecule has 0 aromatic heterocycles. The molecule has 1 aromatic carbocycles. The zero-order chi connectivity index (χ0) is 14.1. The molecule has 0 aliphatic heterocycles. The summed E-state index contributed by atoms with van der Waals surface area (Å²) in [7, 11) is 5.11. The number of rotatable bonds is 9. The molecule has 19 heavy (non-hydrogen) atoms. The van der Waals surface area contributed by atoms with Gasteiger partial charge in [0.1, 0.15) is 5.75 Å². The van der Waals surface area contributed by atoms with E-state index >= 15 is 0 Å². The minimum Gasteiger partial charge on any atom is -0.496 e. The first-order chi connectivity index (χ1) is 9.21. The maximum Gasteiger partial charge on any atom is 0.133 e. The molecule has 5 heteroatoms. The molecule has 0 fully saturated rings. The largest absolute Gasteiger partial charge is 0.496 e. The second-order valence-corrected chi connectivity index (χ2v) is 5.08. The molecule has 1 aromatic rings. The number of ether oxygens (including phenoxy) is 3. The van der Waals surface area contributed by atoms with Crippen LogP contribution in [0.15, 0.2) is 22.7 Å². The third-order valence-corrected chi connectivity index (χ3v) is 3.47. The van der Waals surface area contributed by atoms with E-state index in [4.69, 9.17) is 14.2 Å². The van der Waals surface area contributed by atoms with Gasteiger partial charge in [0, 0.05) is 33.9 Å². The lowest BCUT2D eigenvalue weighted by Crippen LogP contribution is -2.30. The summed E-state index contributed by atoms with van der Waals surface area (Å²) in [5.74, 6) is 0.851. The summed E-state index contributed by atoms with van der Waals surface area (Å²) in [5, 5.41) is 0. The SMILES string of the molecule is COCCN(CCOC)Cc1ccc(OC)c(Br)c1. The van der Waals surface area contributed by atoms with Gasteiger partial charge in [0.2, 0.25) is 0 Å². The van der Waals surface area contributed by atoms with Gasteiger partial charge >= 0.3 is 0 Å². The Balaban J connectivity index is 2.63. The minimum absolute atomic E-state index is 0.723. The molecule has 1 rings (SSSR count). The zero-order valence-electron chi connectivity index (χ0n) is 11.8. The smallest absolute Gasteiger partial charge is 0.133 e. The summed E-state index contributed by atoms with van der Waals surface area (Å²) in [6, 6.07) is 6.14. The van der Waals surface area contributed by atoms with Crippen molar-refractivity contribution in [2.24, 2.45) is 0 Å². The molecule has 0 aliphatic carbocycles. The molecular formula is C14H22BrNO3. The van der Waals surface area contributed by atoms with Crippen LogP contribution in [0, 0.1) is 0 Å². The fraction of sp³-hybridized carbons (Fsp3) is 0.571. The Kier molecular flexibility index (Phi) is 8.05. The van der Waals surface area contributed by atoms with E-state index in [9.17, 15) is 0 Å². The van der Waals surface area contributed by atoms with Crippen molar-refractivity contribution in [3.05, 3.63) is 28.2 Å². The predicted molar refractivity (Wildman–Crippen MR) is 79.7 cm³/mol. The van der Waals surface area contributed by atoms with Crippen LogP contribution >= 0.6 is 15.9 Å².